The van der Waals surface area contributed by atoms with Gasteiger partial charge in [-0.15, -0.1) is 0 Å². The molecule has 18 heavy (non-hydrogen) atoms. The molecule has 0 unspecified atom stereocenters. The molecule has 0 radical (unpaired) electrons. The van der Waals surface area contributed by atoms with E-state index >= 15 is 0 Å². The standard InChI is InChI=1S/C13H14ClN3O/c1-8-12(15)16-9(2)17-13(8)18-7-10-4-3-5-11(14)6-10/h3-6H,7H2,1-2H3,(H2,15,16,17). The summed E-state index contributed by atoms with van der Waals surface area (Å²) in [6.45, 7) is 4.02. The van der Waals surface area contributed by atoms with Crippen LogP contribution in [0.25, 0.3) is 0 Å². The molecule has 0 spiro atoms. The van der Waals surface area contributed by atoms with E-state index in [0.29, 0.717) is 29.2 Å². The molecule has 0 saturated heterocycles. The van der Waals surface area contributed by atoms with Gasteiger partial charge in [0.15, 0.2) is 0 Å². The lowest BCUT2D eigenvalue weighted by Gasteiger charge is -2.10. The van der Waals surface area contributed by atoms with E-state index in [-0.39, 0.29) is 0 Å². The Morgan fingerprint density at radius 2 is 2.06 bits per heavy atom. The van der Waals surface area contributed by atoms with Crippen LogP contribution in [0.15, 0.2) is 24.3 Å². The molecule has 94 valence electrons. The summed E-state index contributed by atoms with van der Waals surface area (Å²) in [6, 6.07) is 7.50. The Bertz CT molecular complexity index is 572. The smallest absolute Gasteiger partial charge is 0.222 e. The van der Waals surface area contributed by atoms with E-state index < -0.39 is 0 Å². The van der Waals surface area contributed by atoms with E-state index in [1.54, 1.807) is 6.92 Å². The minimum atomic E-state index is 0.400. The van der Waals surface area contributed by atoms with Crippen LogP contribution in [0.1, 0.15) is 17.0 Å². The SMILES string of the molecule is Cc1nc(N)c(C)c(OCc2cccc(Cl)c2)n1. The van der Waals surface area contributed by atoms with Gasteiger partial charge in [0, 0.05) is 5.02 Å². The second kappa shape index (κ2) is 5.23. The number of nitrogen functional groups attached to an aromatic ring is 1. The van der Waals surface area contributed by atoms with Crippen LogP contribution in [0.3, 0.4) is 0 Å². The summed E-state index contributed by atoms with van der Waals surface area (Å²) in [5.74, 6) is 1.56. The molecule has 0 fully saturated rings. The van der Waals surface area contributed by atoms with Gasteiger partial charge in [-0.3, -0.25) is 0 Å². The highest BCUT2D eigenvalue weighted by atomic mass is 35.5. The zero-order valence-electron chi connectivity index (χ0n) is 10.3. The zero-order chi connectivity index (χ0) is 13.1. The molecular weight excluding hydrogens is 250 g/mol. The summed E-state index contributed by atoms with van der Waals surface area (Å²) in [7, 11) is 0. The molecule has 1 aromatic carbocycles. The number of hydrogen-bond donors (Lipinski definition) is 1. The molecule has 1 aromatic heterocycles. The van der Waals surface area contributed by atoms with E-state index in [4.69, 9.17) is 22.1 Å². The Balaban J connectivity index is 2.15. The molecule has 0 atom stereocenters. The van der Waals surface area contributed by atoms with Gasteiger partial charge in [0.25, 0.3) is 0 Å². The van der Waals surface area contributed by atoms with Crippen molar-refractivity contribution in [3.05, 3.63) is 46.2 Å². The van der Waals surface area contributed by atoms with Crippen molar-refractivity contribution >= 4 is 17.4 Å². The van der Waals surface area contributed by atoms with Gasteiger partial charge >= 0.3 is 0 Å². The van der Waals surface area contributed by atoms with Crippen LogP contribution in [0.5, 0.6) is 5.88 Å². The predicted molar refractivity (Wildman–Crippen MR) is 71.7 cm³/mol. The Morgan fingerprint density at radius 1 is 1.28 bits per heavy atom. The summed E-state index contributed by atoms with van der Waals surface area (Å²) in [5, 5.41) is 0.686. The summed E-state index contributed by atoms with van der Waals surface area (Å²) in [6.07, 6.45) is 0. The average Bonchev–Trinajstić information content (AvgIpc) is 2.32. The second-order valence-corrected chi connectivity index (χ2v) is 4.44. The van der Waals surface area contributed by atoms with E-state index in [9.17, 15) is 0 Å². The molecule has 0 bridgehead atoms. The predicted octanol–water partition coefficient (Wildman–Crippen LogP) is 2.91. The van der Waals surface area contributed by atoms with Crippen LogP contribution >= 0.6 is 11.6 Å². The van der Waals surface area contributed by atoms with Crippen LogP contribution in [0.4, 0.5) is 5.82 Å². The first kappa shape index (κ1) is 12.6. The van der Waals surface area contributed by atoms with E-state index in [2.05, 4.69) is 9.97 Å². The lowest BCUT2D eigenvalue weighted by atomic mass is 10.2. The number of hydrogen-bond acceptors (Lipinski definition) is 4. The molecule has 5 heteroatoms. The molecular formula is C13H14ClN3O. The largest absolute Gasteiger partial charge is 0.472 e. The minimum absolute atomic E-state index is 0.400. The minimum Gasteiger partial charge on any atom is -0.472 e. The summed E-state index contributed by atoms with van der Waals surface area (Å²) in [4.78, 5) is 8.29. The number of ether oxygens (including phenoxy) is 1. The number of nitrogens with two attached hydrogens (primary N) is 1. The molecule has 0 aliphatic rings. The van der Waals surface area contributed by atoms with Gasteiger partial charge in [0.2, 0.25) is 5.88 Å². The van der Waals surface area contributed by atoms with Gasteiger partial charge in [0.1, 0.15) is 18.2 Å². The van der Waals surface area contributed by atoms with Crippen molar-refractivity contribution in [2.24, 2.45) is 0 Å². The molecule has 2 rings (SSSR count). The van der Waals surface area contributed by atoms with Gasteiger partial charge < -0.3 is 10.5 Å². The molecule has 2 aromatic rings. The van der Waals surface area contributed by atoms with Gasteiger partial charge in [0.05, 0.1) is 5.56 Å². The van der Waals surface area contributed by atoms with Gasteiger partial charge in [-0.25, -0.2) is 4.98 Å². The maximum atomic E-state index is 5.91. The molecule has 0 amide bonds. The third-order valence-electron chi connectivity index (χ3n) is 2.52. The number of aryl methyl sites for hydroxylation is 1. The molecule has 2 N–H and O–H groups in total. The first-order valence-electron chi connectivity index (χ1n) is 5.54. The molecule has 4 nitrogen and oxygen atoms in total. The van der Waals surface area contributed by atoms with Crippen molar-refractivity contribution in [2.45, 2.75) is 20.5 Å². The quantitative estimate of drug-likeness (QED) is 0.925. The highest BCUT2D eigenvalue weighted by Gasteiger charge is 2.08. The highest BCUT2D eigenvalue weighted by molar-refractivity contribution is 6.30. The topological polar surface area (TPSA) is 61.0 Å². The van der Waals surface area contributed by atoms with Gasteiger partial charge in [-0.2, -0.15) is 4.98 Å². The maximum absolute atomic E-state index is 5.91. The monoisotopic (exact) mass is 263 g/mol. The maximum Gasteiger partial charge on any atom is 0.222 e. The Kier molecular flexibility index (Phi) is 3.67. The lowest BCUT2D eigenvalue weighted by molar-refractivity contribution is 0.290. The normalized spacial score (nSPS) is 10.4. The van der Waals surface area contributed by atoms with Gasteiger partial charge in [-0.1, -0.05) is 23.7 Å². The number of benzene rings is 1. The first-order valence-corrected chi connectivity index (χ1v) is 5.92. The number of aromatic nitrogens is 2. The van der Waals surface area contributed by atoms with Crippen LogP contribution in [0, 0.1) is 13.8 Å². The fourth-order valence-corrected chi connectivity index (χ4v) is 1.76. The highest BCUT2D eigenvalue weighted by Crippen LogP contribution is 2.21. The fraction of sp³-hybridized carbons (Fsp3) is 0.231. The molecule has 0 aliphatic carbocycles. The van der Waals surface area contributed by atoms with Crippen molar-refractivity contribution in [3.63, 3.8) is 0 Å². The zero-order valence-corrected chi connectivity index (χ0v) is 11.0. The Labute approximate surface area is 111 Å². The van der Waals surface area contributed by atoms with Gasteiger partial charge in [-0.05, 0) is 31.5 Å². The first-order chi connectivity index (χ1) is 8.56. The third-order valence-corrected chi connectivity index (χ3v) is 2.75. The Morgan fingerprint density at radius 3 is 2.78 bits per heavy atom. The fourth-order valence-electron chi connectivity index (χ4n) is 1.54. The van der Waals surface area contributed by atoms with Crippen molar-refractivity contribution in [1.29, 1.82) is 0 Å². The number of anilines is 1. The summed E-state index contributed by atoms with van der Waals surface area (Å²) in [5.41, 5.74) is 7.50. The second-order valence-electron chi connectivity index (χ2n) is 4.00. The Hall–Kier alpha value is -1.81. The average molecular weight is 264 g/mol. The van der Waals surface area contributed by atoms with E-state index in [0.717, 1.165) is 11.1 Å². The summed E-state index contributed by atoms with van der Waals surface area (Å²) < 4.78 is 5.65. The van der Waals surface area contributed by atoms with Crippen molar-refractivity contribution in [2.75, 3.05) is 5.73 Å². The number of halogens is 1. The number of rotatable bonds is 3. The molecule has 0 saturated carbocycles. The molecule has 1 heterocycles. The van der Waals surface area contributed by atoms with Crippen molar-refractivity contribution in [1.82, 2.24) is 9.97 Å². The lowest BCUT2D eigenvalue weighted by Crippen LogP contribution is -2.05. The van der Waals surface area contributed by atoms with Crippen molar-refractivity contribution < 1.29 is 4.74 Å². The van der Waals surface area contributed by atoms with Crippen molar-refractivity contribution in [3.8, 4) is 5.88 Å². The summed E-state index contributed by atoms with van der Waals surface area (Å²) >= 11 is 5.91. The van der Waals surface area contributed by atoms with Crippen LogP contribution in [-0.2, 0) is 6.61 Å². The third kappa shape index (κ3) is 2.90. The van der Waals surface area contributed by atoms with E-state index in [1.807, 2.05) is 31.2 Å². The van der Waals surface area contributed by atoms with Crippen LogP contribution in [-0.4, -0.2) is 9.97 Å². The van der Waals surface area contributed by atoms with Crippen LogP contribution < -0.4 is 10.5 Å². The molecule has 0 aliphatic heterocycles. The van der Waals surface area contributed by atoms with E-state index in [1.165, 1.54) is 0 Å². The van der Waals surface area contributed by atoms with Crippen LogP contribution in [0.2, 0.25) is 5.02 Å². The number of nitrogens with zero attached hydrogens (tertiary/aromatic N) is 2.